The summed E-state index contributed by atoms with van der Waals surface area (Å²) in [6, 6.07) is 12.5. The zero-order valence-corrected chi connectivity index (χ0v) is 19.5. The molecule has 1 unspecified atom stereocenters. The van der Waals surface area contributed by atoms with Crippen LogP contribution in [0.3, 0.4) is 0 Å². The lowest BCUT2D eigenvalue weighted by atomic mass is 10.1. The summed E-state index contributed by atoms with van der Waals surface area (Å²) in [5.41, 5.74) is 1.12. The van der Waals surface area contributed by atoms with Gasteiger partial charge in [0, 0.05) is 32.1 Å². The van der Waals surface area contributed by atoms with E-state index in [4.69, 9.17) is 9.47 Å². The molecule has 0 radical (unpaired) electrons. The number of piperazine rings is 1. The third-order valence-electron chi connectivity index (χ3n) is 5.63. The molecule has 0 aromatic heterocycles. The van der Waals surface area contributed by atoms with Crippen LogP contribution in [0.25, 0.3) is 0 Å². The van der Waals surface area contributed by atoms with Crippen molar-refractivity contribution in [2.45, 2.75) is 30.2 Å². The Kier molecular flexibility index (Phi) is 7.93. The average Bonchev–Trinajstić information content (AvgIpc) is 2.83. The molecule has 1 atom stereocenters. The molecule has 1 heterocycles. The van der Waals surface area contributed by atoms with E-state index in [2.05, 4.69) is 0 Å². The quantitative estimate of drug-likeness (QED) is 0.589. The van der Waals surface area contributed by atoms with Gasteiger partial charge in [-0.15, -0.1) is 0 Å². The number of sulfonamides is 1. The van der Waals surface area contributed by atoms with Crippen LogP contribution in [0, 0.1) is 0 Å². The Morgan fingerprint density at radius 3 is 2.36 bits per heavy atom. The summed E-state index contributed by atoms with van der Waals surface area (Å²) in [5, 5.41) is 9.74. The van der Waals surface area contributed by atoms with Crippen molar-refractivity contribution in [1.82, 2.24) is 9.21 Å². The Bertz CT molecular complexity index is 1090. The number of aliphatic carboxylic acids is 1. The van der Waals surface area contributed by atoms with Gasteiger partial charge in [-0.05, 0) is 30.5 Å². The van der Waals surface area contributed by atoms with Gasteiger partial charge in [0.15, 0.2) is 11.5 Å². The maximum atomic E-state index is 13.2. The van der Waals surface area contributed by atoms with Crippen LogP contribution >= 0.6 is 0 Å². The van der Waals surface area contributed by atoms with Gasteiger partial charge in [0.1, 0.15) is 6.04 Å². The summed E-state index contributed by atoms with van der Waals surface area (Å²) in [7, 11) is -1.32. The van der Waals surface area contributed by atoms with Gasteiger partial charge < -0.3 is 19.5 Å². The molecule has 1 N–H and O–H groups in total. The monoisotopic (exact) mass is 476 g/mol. The first-order valence-corrected chi connectivity index (χ1v) is 12.0. The number of amides is 1. The summed E-state index contributed by atoms with van der Waals surface area (Å²) >= 11 is 0. The van der Waals surface area contributed by atoms with Gasteiger partial charge in [0.2, 0.25) is 15.9 Å². The number of ether oxygens (including phenoxy) is 2. The maximum Gasteiger partial charge on any atom is 0.323 e. The van der Waals surface area contributed by atoms with Crippen molar-refractivity contribution in [3.8, 4) is 11.5 Å². The summed E-state index contributed by atoms with van der Waals surface area (Å²) in [5.74, 6) is -0.906. The lowest BCUT2D eigenvalue weighted by Crippen LogP contribution is -2.59. The van der Waals surface area contributed by atoms with Crippen LogP contribution in [-0.2, 0) is 26.0 Å². The topological polar surface area (TPSA) is 113 Å². The standard InChI is InChI=1S/C23H28N2O7S/c1-31-20-12-11-18(15-21(20)32-2)33(29,30)25-14-13-24(16-19(25)23(27)28)22(26)10-6-9-17-7-4-3-5-8-17/h3-5,7-8,11-12,15,19H,6,9-10,13-14,16H2,1-2H3,(H,27,28). The first-order chi connectivity index (χ1) is 15.8. The summed E-state index contributed by atoms with van der Waals surface area (Å²) in [6.07, 6.45) is 1.64. The number of carbonyl (C=O) groups excluding carboxylic acids is 1. The van der Waals surface area contributed by atoms with Crippen LogP contribution in [-0.4, -0.2) is 74.5 Å². The van der Waals surface area contributed by atoms with Crippen molar-refractivity contribution in [1.29, 1.82) is 0 Å². The number of carbonyl (C=O) groups is 2. The van der Waals surface area contributed by atoms with Crippen molar-refractivity contribution in [3.05, 3.63) is 54.1 Å². The second kappa shape index (κ2) is 10.7. The predicted molar refractivity (Wildman–Crippen MR) is 121 cm³/mol. The molecule has 2 aromatic rings. The van der Waals surface area contributed by atoms with Crippen molar-refractivity contribution in [2.75, 3.05) is 33.9 Å². The number of hydrogen-bond acceptors (Lipinski definition) is 6. The molecule has 1 amide bonds. The third-order valence-corrected chi connectivity index (χ3v) is 7.53. The Morgan fingerprint density at radius 1 is 1.03 bits per heavy atom. The van der Waals surface area contributed by atoms with Gasteiger partial charge in [-0.3, -0.25) is 9.59 Å². The fourth-order valence-corrected chi connectivity index (χ4v) is 5.42. The van der Waals surface area contributed by atoms with Crippen LogP contribution in [0.1, 0.15) is 18.4 Å². The van der Waals surface area contributed by atoms with Gasteiger partial charge in [0.05, 0.1) is 19.1 Å². The number of aryl methyl sites for hydroxylation is 1. The van der Waals surface area contributed by atoms with Gasteiger partial charge in [0.25, 0.3) is 0 Å². The molecule has 178 valence electrons. The van der Waals surface area contributed by atoms with Crippen molar-refractivity contribution in [3.63, 3.8) is 0 Å². The Labute approximate surface area is 193 Å². The van der Waals surface area contributed by atoms with E-state index in [0.29, 0.717) is 12.2 Å². The van der Waals surface area contributed by atoms with E-state index in [1.807, 2.05) is 30.3 Å². The minimum atomic E-state index is -4.14. The molecule has 9 nitrogen and oxygen atoms in total. The van der Waals surface area contributed by atoms with Crippen molar-refractivity contribution < 1.29 is 32.6 Å². The molecule has 1 saturated heterocycles. The average molecular weight is 477 g/mol. The van der Waals surface area contributed by atoms with E-state index in [-0.39, 0.29) is 42.6 Å². The molecule has 2 aromatic carbocycles. The zero-order chi connectivity index (χ0) is 24.0. The number of methoxy groups -OCH3 is 2. The summed E-state index contributed by atoms with van der Waals surface area (Å²) in [6.45, 7) is -0.190. The normalized spacial score (nSPS) is 16.9. The number of benzene rings is 2. The number of rotatable bonds is 9. The van der Waals surface area contributed by atoms with Gasteiger partial charge in [-0.1, -0.05) is 30.3 Å². The lowest BCUT2D eigenvalue weighted by molar-refractivity contribution is -0.145. The smallest absolute Gasteiger partial charge is 0.323 e. The molecule has 33 heavy (non-hydrogen) atoms. The molecular weight excluding hydrogens is 448 g/mol. The molecule has 0 aliphatic carbocycles. The predicted octanol–water partition coefficient (Wildman–Crippen LogP) is 2.01. The maximum absolute atomic E-state index is 13.2. The largest absolute Gasteiger partial charge is 0.493 e. The fraction of sp³-hybridized carbons (Fsp3) is 0.391. The summed E-state index contributed by atoms with van der Waals surface area (Å²) in [4.78, 5) is 25.9. The highest BCUT2D eigenvalue weighted by molar-refractivity contribution is 7.89. The molecule has 10 heteroatoms. The van der Waals surface area contributed by atoms with Crippen LogP contribution in [0.15, 0.2) is 53.4 Å². The first-order valence-electron chi connectivity index (χ1n) is 10.6. The lowest BCUT2D eigenvalue weighted by Gasteiger charge is -2.38. The van der Waals surface area contributed by atoms with Crippen LogP contribution < -0.4 is 9.47 Å². The first kappa shape index (κ1) is 24.5. The highest BCUT2D eigenvalue weighted by Crippen LogP contribution is 2.31. The molecule has 0 spiro atoms. The second-order valence-corrected chi connectivity index (χ2v) is 9.56. The van der Waals surface area contributed by atoms with E-state index in [0.717, 1.165) is 16.3 Å². The molecule has 0 bridgehead atoms. The third kappa shape index (κ3) is 5.63. The number of carboxylic acids is 1. The van der Waals surface area contributed by atoms with E-state index in [1.54, 1.807) is 0 Å². The number of nitrogens with zero attached hydrogens (tertiary/aromatic N) is 2. The molecule has 3 rings (SSSR count). The number of hydrogen-bond donors (Lipinski definition) is 1. The SMILES string of the molecule is COc1ccc(S(=O)(=O)N2CCN(C(=O)CCCc3ccccc3)CC2C(=O)O)cc1OC. The molecule has 1 aliphatic rings. The molecule has 0 saturated carbocycles. The fourth-order valence-electron chi connectivity index (χ4n) is 3.84. The second-order valence-electron chi connectivity index (χ2n) is 7.67. The van der Waals surface area contributed by atoms with Crippen molar-refractivity contribution >= 4 is 21.9 Å². The highest BCUT2D eigenvalue weighted by atomic mass is 32.2. The zero-order valence-electron chi connectivity index (χ0n) is 18.6. The van der Waals surface area contributed by atoms with Gasteiger partial charge in [-0.25, -0.2) is 8.42 Å². The van der Waals surface area contributed by atoms with Crippen LogP contribution in [0.4, 0.5) is 0 Å². The Balaban J connectivity index is 1.70. The van der Waals surface area contributed by atoms with E-state index in [1.165, 1.54) is 37.3 Å². The van der Waals surface area contributed by atoms with E-state index in [9.17, 15) is 23.1 Å². The minimum Gasteiger partial charge on any atom is -0.493 e. The molecule has 1 fully saturated rings. The van der Waals surface area contributed by atoms with Crippen molar-refractivity contribution in [2.24, 2.45) is 0 Å². The molecular formula is C23H28N2O7S. The summed E-state index contributed by atoms with van der Waals surface area (Å²) < 4.78 is 37.7. The minimum absolute atomic E-state index is 0.103. The van der Waals surface area contributed by atoms with Crippen LogP contribution in [0.2, 0.25) is 0 Å². The van der Waals surface area contributed by atoms with E-state index >= 15 is 0 Å². The van der Waals surface area contributed by atoms with Gasteiger partial charge >= 0.3 is 5.97 Å². The highest BCUT2D eigenvalue weighted by Gasteiger charge is 2.41. The molecule has 1 aliphatic heterocycles. The Hall–Kier alpha value is -3.11. The van der Waals surface area contributed by atoms with Gasteiger partial charge in [-0.2, -0.15) is 4.31 Å². The van der Waals surface area contributed by atoms with Crippen LogP contribution in [0.5, 0.6) is 11.5 Å². The Morgan fingerprint density at radius 2 is 1.73 bits per heavy atom. The van der Waals surface area contributed by atoms with E-state index < -0.39 is 22.0 Å². The number of carboxylic acid groups (broad SMARTS) is 1.